The Morgan fingerprint density at radius 3 is 1.05 bits per heavy atom. The van der Waals surface area contributed by atoms with Crippen LogP contribution in [0.1, 0.15) is 78.7 Å². The van der Waals surface area contributed by atoms with Crippen LogP contribution in [0.15, 0.2) is 48.5 Å². The van der Waals surface area contributed by atoms with Gasteiger partial charge in [0.15, 0.2) is 36.6 Å². The summed E-state index contributed by atoms with van der Waals surface area (Å²) < 4.78 is 55.9. The fourth-order valence-corrected chi connectivity index (χ4v) is 6.87. The fourth-order valence-electron chi connectivity index (χ4n) is 6.87. The van der Waals surface area contributed by atoms with Crippen molar-refractivity contribution < 1.29 is 90.5 Å². The molecule has 0 saturated carbocycles. The standard InChI is InChI=1S/C41H48N2O19/c1-19(44)53-17-31-35(55-21(3)46)39(59-25(7)50)37(57-23(5)48)33(61-31)27-11-9-13-29(15-27)42-41(52)43-30-14-10-12-28(16-30)34-38(58-24(6)49)40(60-26(8)51)36(56-22(4)47)32(62-34)18-54-20(2)45/h9-16,31-40H,17-18H2,1-8H3,(H2,42,43,52)/t31-,32-,33-,34-,35-,36?,37-,38-,39+,40+/m1/s1. The molecule has 2 fully saturated rings. The van der Waals surface area contributed by atoms with Crippen LogP contribution in [0.3, 0.4) is 0 Å². The predicted molar refractivity (Wildman–Crippen MR) is 207 cm³/mol. The van der Waals surface area contributed by atoms with Gasteiger partial charge in [-0.2, -0.15) is 0 Å². The van der Waals surface area contributed by atoms with Crippen molar-refractivity contribution in [2.45, 2.75) is 116 Å². The van der Waals surface area contributed by atoms with Gasteiger partial charge in [-0.25, -0.2) is 4.79 Å². The maximum atomic E-state index is 13.5. The zero-order valence-corrected chi connectivity index (χ0v) is 35.1. The van der Waals surface area contributed by atoms with E-state index in [2.05, 4.69) is 10.6 Å². The highest BCUT2D eigenvalue weighted by molar-refractivity contribution is 5.99. The van der Waals surface area contributed by atoms with Gasteiger partial charge in [0.2, 0.25) is 0 Å². The van der Waals surface area contributed by atoms with Gasteiger partial charge >= 0.3 is 53.8 Å². The van der Waals surface area contributed by atoms with Crippen LogP contribution >= 0.6 is 0 Å². The third kappa shape index (κ3) is 13.7. The highest BCUT2D eigenvalue weighted by Crippen LogP contribution is 2.40. The van der Waals surface area contributed by atoms with Crippen molar-refractivity contribution in [2.75, 3.05) is 23.8 Å². The number of hydrogen-bond acceptors (Lipinski definition) is 19. The van der Waals surface area contributed by atoms with Gasteiger partial charge < -0.3 is 58.0 Å². The first kappa shape index (κ1) is 48.1. The molecule has 2 aliphatic heterocycles. The van der Waals surface area contributed by atoms with Crippen molar-refractivity contribution in [1.29, 1.82) is 0 Å². The summed E-state index contributed by atoms with van der Waals surface area (Å²) in [7, 11) is 0. The largest absolute Gasteiger partial charge is 0.463 e. The summed E-state index contributed by atoms with van der Waals surface area (Å²) in [6.45, 7) is 8.06. The van der Waals surface area contributed by atoms with E-state index < -0.39 is 128 Å². The minimum absolute atomic E-state index is 0.198. The van der Waals surface area contributed by atoms with E-state index in [4.69, 9.17) is 47.4 Å². The molecule has 21 heteroatoms. The molecule has 0 aliphatic carbocycles. The minimum atomic E-state index is -1.42. The maximum absolute atomic E-state index is 13.5. The normalized spacial score (nSPS) is 25.4. The summed E-state index contributed by atoms with van der Waals surface area (Å²) in [4.78, 5) is 111. The molecule has 62 heavy (non-hydrogen) atoms. The minimum Gasteiger partial charge on any atom is -0.463 e. The molecule has 21 nitrogen and oxygen atoms in total. The van der Waals surface area contributed by atoms with Gasteiger partial charge in [-0.1, -0.05) is 24.3 Å². The Bertz CT molecular complexity index is 1880. The molecule has 2 aromatic rings. The van der Waals surface area contributed by atoms with E-state index in [1.165, 1.54) is 24.3 Å². The van der Waals surface area contributed by atoms with Crippen LogP contribution in [0, 0.1) is 0 Å². The highest BCUT2D eigenvalue weighted by atomic mass is 16.7. The lowest BCUT2D eigenvalue weighted by molar-refractivity contribution is -0.254. The number of benzene rings is 2. The first-order valence-electron chi connectivity index (χ1n) is 19.1. The van der Waals surface area contributed by atoms with Crippen LogP contribution in [0.4, 0.5) is 16.2 Å². The van der Waals surface area contributed by atoms with Gasteiger partial charge in [-0.05, 0) is 35.4 Å². The van der Waals surface area contributed by atoms with Crippen molar-refractivity contribution in [3.63, 3.8) is 0 Å². The summed E-state index contributed by atoms with van der Waals surface area (Å²) in [5.41, 5.74) is 0.990. The third-order valence-corrected chi connectivity index (χ3v) is 8.93. The van der Waals surface area contributed by atoms with Gasteiger partial charge in [0.1, 0.15) is 37.6 Å². The van der Waals surface area contributed by atoms with Gasteiger partial charge in [0.05, 0.1) is 0 Å². The number of nitrogens with one attached hydrogen (secondary N) is 2. The Balaban J connectivity index is 1.64. The second kappa shape index (κ2) is 21.8. The lowest BCUT2D eigenvalue weighted by Crippen LogP contribution is -2.59. The molecule has 10 atom stereocenters. The average Bonchev–Trinajstić information content (AvgIpc) is 3.15. The molecule has 336 valence electrons. The number of rotatable bonds is 14. The number of hydrogen-bond donors (Lipinski definition) is 2. The lowest BCUT2D eigenvalue weighted by atomic mass is 9.90. The smallest absolute Gasteiger partial charge is 0.323 e. The van der Waals surface area contributed by atoms with Gasteiger partial charge in [0, 0.05) is 66.8 Å². The topological polar surface area (TPSA) is 270 Å². The van der Waals surface area contributed by atoms with Crippen molar-refractivity contribution in [2.24, 2.45) is 0 Å². The molecular formula is C41H48N2O19. The second-order valence-electron chi connectivity index (χ2n) is 14.1. The number of carbonyl (C=O) groups excluding carboxylic acids is 9. The van der Waals surface area contributed by atoms with Gasteiger partial charge in [0.25, 0.3) is 0 Å². The van der Waals surface area contributed by atoms with E-state index in [1.54, 1.807) is 24.3 Å². The van der Waals surface area contributed by atoms with Gasteiger partial charge in [-0.15, -0.1) is 0 Å². The van der Waals surface area contributed by atoms with Crippen LogP contribution in [0.5, 0.6) is 0 Å². The fraction of sp³-hybridized carbons (Fsp3) is 0.488. The molecule has 0 aromatic heterocycles. The Hall–Kier alpha value is -6.61. The Kier molecular flexibility index (Phi) is 16.9. The van der Waals surface area contributed by atoms with E-state index in [9.17, 15) is 43.2 Å². The maximum Gasteiger partial charge on any atom is 0.323 e. The summed E-state index contributed by atoms with van der Waals surface area (Å²) in [6, 6.07) is 11.5. The third-order valence-electron chi connectivity index (χ3n) is 8.93. The van der Waals surface area contributed by atoms with E-state index in [0.29, 0.717) is 11.1 Å². The molecule has 2 amide bonds. The zero-order chi connectivity index (χ0) is 45.8. The summed E-state index contributed by atoms with van der Waals surface area (Å²) >= 11 is 0. The first-order chi connectivity index (χ1) is 29.2. The molecule has 2 aliphatic rings. The van der Waals surface area contributed by atoms with Crippen molar-refractivity contribution in [3.05, 3.63) is 59.7 Å². The summed E-state index contributed by atoms with van der Waals surface area (Å²) in [5, 5.41) is 5.37. The SMILES string of the molecule is CC(=O)OC[C@H]1O[C@H](c2cccc(NC(=O)Nc3cccc([C@H]4O[C@H](COC(C)=O)[C@@H](OC(C)=O)[C@H](OC(C)=O)[C@@H]4OC(C)=O)c3)c2)[C@@H](OC(C)=O)[C@@H](OC(C)=O)C1OC(C)=O. The van der Waals surface area contributed by atoms with Crippen LogP contribution in [0.25, 0.3) is 0 Å². The molecule has 2 heterocycles. The zero-order valence-electron chi connectivity index (χ0n) is 35.1. The van der Waals surface area contributed by atoms with E-state index >= 15 is 0 Å². The van der Waals surface area contributed by atoms with Crippen molar-refractivity contribution in [3.8, 4) is 0 Å². The van der Waals surface area contributed by atoms with Crippen LogP contribution in [-0.4, -0.2) is 116 Å². The molecule has 2 saturated heterocycles. The molecule has 2 N–H and O–H groups in total. The van der Waals surface area contributed by atoms with E-state index in [0.717, 1.165) is 55.4 Å². The number of ether oxygens (including phenoxy) is 10. The summed E-state index contributed by atoms with van der Waals surface area (Å²) in [5.74, 6) is -6.13. The molecule has 0 spiro atoms. The highest BCUT2D eigenvalue weighted by Gasteiger charge is 2.54. The molecule has 2 aromatic carbocycles. The van der Waals surface area contributed by atoms with Crippen molar-refractivity contribution >= 4 is 65.2 Å². The number of esters is 8. The Morgan fingerprint density at radius 1 is 0.435 bits per heavy atom. The molecule has 0 bridgehead atoms. The summed E-state index contributed by atoms with van der Waals surface area (Å²) in [6.07, 6.45) is -13.2. The quantitative estimate of drug-likeness (QED) is 0.204. The van der Waals surface area contributed by atoms with Crippen LogP contribution in [0.2, 0.25) is 0 Å². The van der Waals surface area contributed by atoms with Crippen LogP contribution in [-0.2, 0) is 85.7 Å². The Morgan fingerprint density at radius 2 is 0.742 bits per heavy atom. The molecular weight excluding hydrogens is 824 g/mol. The second-order valence-corrected chi connectivity index (χ2v) is 14.1. The average molecular weight is 873 g/mol. The van der Waals surface area contributed by atoms with Crippen molar-refractivity contribution in [1.82, 2.24) is 0 Å². The molecule has 1 unspecified atom stereocenters. The molecule has 0 radical (unpaired) electrons. The number of urea groups is 1. The Labute approximate surface area is 355 Å². The first-order valence-corrected chi connectivity index (χ1v) is 19.1. The lowest BCUT2D eigenvalue weighted by Gasteiger charge is -2.44. The number of amides is 2. The van der Waals surface area contributed by atoms with Crippen LogP contribution < -0.4 is 10.6 Å². The number of carbonyl (C=O) groups is 9. The molecule has 4 rings (SSSR count). The number of anilines is 2. The van der Waals surface area contributed by atoms with E-state index in [-0.39, 0.29) is 11.4 Å². The monoisotopic (exact) mass is 872 g/mol. The van der Waals surface area contributed by atoms with E-state index in [1.807, 2.05) is 0 Å². The predicted octanol–water partition coefficient (Wildman–Crippen LogP) is 2.93. The van der Waals surface area contributed by atoms with Gasteiger partial charge in [-0.3, -0.25) is 38.4 Å².